The Morgan fingerprint density at radius 1 is 1.24 bits per heavy atom. The largest absolute Gasteiger partial charge is 0.465 e. The third-order valence-corrected chi connectivity index (χ3v) is 4.41. The standard InChI is InChI=1S/C24H28N2O3/c1-5-7-11-19-15-21(17(3)26-22(19)13-8-6-2)23(27)25-16-18-10-9-12-20(14-18)24(28)29-4/h5,7,9-15H,6,8,16H2,1-4H3,(H,25,27)/b7-5-,19-11-,22-13-. The van der Waals surface area contributed by atoms with Gasteiger partial charge in [-0.15, -0.1) is 0 Å². The number of carbonyl (C=O) groups is 2. The van der Waals surface area contributed by atoms with Crippen LogP contribution in [0.1, 0.15) is 58.7 Å². The fraction of sp³-hybridized carbons (Fsp3) is 0.292. The molecular formula is C24H28N2O3. The second-order valence-electron chi connectivity index (χ2n) is 6.66. The molecular weight excluding hydrogens is 364 g/mol. The summed E-state index contributed by atoms with van der Waals surface area (Å²) >= 11 is 0. The van der Waals surface area contributed by atoms with E-state index in [0.717, 1.165) is 29.0 Å². The van der Waals surface area contributed by atoms with Crippen molar-refractivity contribution < 1.29 is 14.3 Å². The zero-order valence-corrected chi connectivity index (χ0v) is 17.5. The molecule has 1 aromatic carbocycles. The Bertz CT molecular complexity index is 1020. The number of nitrogens with one attached hydrogen (secondary N) is 1. The SMILES string of the molecule is C\C=C/C=c1/cc(C(=O)NCc2cccc(C(=O)OC)c2)c(C)n/c1=C\CCC. The van der Waals surface area contributed by atoms with Gasteiger partial charge in [-0.3, -0.25) is 9.78 Å². The van der Waals surface area contributed by atoms with Crippen LogP contribution in [-0.2, 0) is 11.3 Å². The van der Waals surface area contributed by atoms with Crippen molar-refractivity contribution in [1.29, 1.82) is 0 Å². The number of amides is 1. The lowest BCUT2D eigenvalue weighted by molar-refractivity contribution is 0.0600. The van der Waals surface area contributed by atoms with Gasteiger partial charge < -0.3 is 10.1 Å². The van der Waals surface area contributed by atoms with Gasteiger partial charge in [0.25, 0.3) is 5.91 Å². The quantitative estimate of drug-likeness (QED) is 0.736. The van der Waals surface area contributed by atoms with E-state index < -0.39 is 5.97 Å². The van der Waals surface area contributed by atoms with E-state index in [1.807, 2.05) is 44.2 Å². The van der Waals surface area contributed by atoms with Crippen molar-refractivity contribution in [2.45, 2.75) is 40.2 Å². The predicted molar refractivity (Wildman–Crippen MR) is 116 cm³/mol. The Morgan fingerprint density at radius 2 is 2.03 bits per heavy atom. The highest BCUT2D eigenvalue weighted by molar-refractivity contribution is 5.95. The van der Waals surface area contributed by atoms with E-state index in [0.29, 0.717) is 23.4 Å². The number of methoxy groups -OCH3 is 1. The molecule has 0 aliphatic rings. The van der Waals surface area contributed by atoms with Gasteiger partial charge in [0, 0.05) is 11.8 Å². The van der Waals surface area contributed by atoms with Gasteiger partial charge in [-0.25, -0.2) is 4.79 Å². The predicted octanol–water partition coefficient (Wildman–Crippen LogP) is 3.04. The maximum absolute atomic E-state index is 12.8. The van der Waals surface area contributed by atoms with Crippen LogP contribution in [0, 0.1) is 6.92 Å². The van der Waals surface area contributed by atoms with Crippen LogP contribution in [0.5, 0.6) is 0 Å². The van der Waals surface area contributed by atoms with Crippen LogP contribution in [-0.4, -0.2) is 24.0 Å². The van der Waals surface area contributed by atoms with Gasteiger partial charge >= 0.3 is 5.97 Å². The Morgan fingerprint density at radius 3 is 2.72 bits per heavy atom. The highest BCUT2D eigenvalue weighted by Gasteiger charge is 2.11. The van der Waals surface area contributed by atoms with Crippen LogP contribution in [0.15, 0.2) is 42.5 Å². The normalized spacial score (nSPS) is 12.4. The second-order valence-corrected chi connectivity index (χ2v) is 6.66. The minimum Gasteiger partial charge on any atom is -0.465 e. The molecule has 0 fully saturated rings. The number of ether oxygens (including phenoxy) is 1. The molecule has 0 bridgehead atoms. The summed E-state index contributed by atoms with van der Waals surface area (Å²) in [6.45, 7) is 6.22. The average molecular weight is 392 g/mol. The Kier molecular flexibility index (Phi) is 8.34. The molecule has 1 aromatic heterocycles. The van der Waals surface area contributed by atoms with Crippen molar-refractivity contribution >= 4 is 24.0 Å². The number of aryl methyl sites for hydroxylation is 1. The zero-order chi connectivity index (χ0) is 21.2. The number of unbranched alkanes of at least 4 members (excludes halogenated alkanes) is 1. The van der Waals surface area contributed by atoms with Crippen molar-refractivity contribution in [3.63, 3.8) is 0 Å². The summed E-state index contributed by atoms with van der Waals surface area (Å²) in [5.74, 6) is -0.600. The molecule has 29 heavy (non-hydrogen) atoms. The molecule has 0 atom stereocenters. The van der Waals surface area contributed by atoms with Crippen molar-refractivity contribution in [2.24, 2.45) is 0 Å². The molecule has 0 saturated heterocycles. The van der Waals surface area contributed by atoms with Crippen LogP contribution in [0.25, 0.3) is 12.2 Å². The first-order valence-electron chi connectivity index (χ1n) is 9.76. The van der Waals surface area contributed by atoms with Crippen molar-refractivity contribution in [2.75, 3.05) is 7.11 Å². The first-order chi connectivity index (χ1) is 14.0. The van der Waals surface area contributed by atoms with E-state index >= 15 is 0 Å². The maximum atomic E-state index is 12.8. The lowest BCUT2D eigenvalue weighted by atomic mass is 10.1. The van der Waals surface area contributed by atoms with Crippen LogP contribution < -0.4 is 15.9 Å². The summed E-state index contributed by atoms with van der Waals surface area (Å²) in [6, 6.07) is 8.89. The number of hydrogen-bond acceptors (Lipinski definition) is 4. The lowest BCUT2D eigenvalue weighted by Gasteiger charge is -2.09. The second kappa shape index (κ2) is 11.0. The first-order valence-corrected chi connectivity index (χ1v) is 9.76. The number of rotatable bonds is 7. The van der Waals surface area contributed by atoms with E-state index in [4.69, 9.17) is 4.74 Å². The van der Waals surface area contributed by atoms with Crippen molar-refractivity contribution in [3.8, 4) is 0 Å². The number of esters is 1. The van der Waals surface area contributed by atoms with Gasteiger partial charge in [-0.1, -0.05) is 49.8 Å². The summed E-state index contributed by atoms with van der Waals surface area (Å²) < 4.78 is 4.74. The minimum absolute atomic E-state index is 0.198. The lowest BCUT2D eigenvalue weighted by Crippen LogP contribution is -2.33. The molecule has 0 spiro atoms. The van der Waals surface area contributed by atoms with Gasteiger partial charge in [-0.2, -0.15) is 0 Å². The minimum atomic E-state index is -0.402. The Labute approximate surface area is 171 Å². The molecule has 0 saturated carbocycles. The van der Waals surface area contributed by atoms with Crippen LogP contribution in [0.4, 0.5) is 0 Å². The number of nitrogens with zero attached hydrogens (tertiary/aromatic N) is 1. The molecule has 0 unspecified atom stereocenters. The van der Waals surface area contributed by atoms with Crippen LogP contribution in [0.2, 0.25) is 0 Å². The van der Waals surface area contributed by atoms with E-state index in [1.54, 1.807) is 18.2 Å². The van der Waals surface area contributed by atoms with Gasteiger partial charge in [0.15, 0.2) is 0 Å². The van der Waals surface area contributed by atoms with Crippen molar-refractivity contribution in [1.82, 2.24) is 10.3 Å². The topological polar surface area (TPSA) is 68.3 Å². The van der Waals surface area contributed by atoms with Crippen molar-refractivity contribution in [3.05, 3.63) is 75.4 Å². The highest BCUT2D eigenvalue weighted by atomic mass is 16.5. The van der Waals surface area contributed by atoms with E-state index in [-0.39, 0.29) is 5.91 Å². The van der Waals surface area contributed by atoms with E-state index in [9.17, 15) is 9.59 Å². The zero-order valence-electron chi connectivity index (χ0n) is 17.5. The number of pyridine rings is 1. The molecule has 2 aromatic rings. The third-order valence-electron chi connectivity index (χ3n) is 4.41. The molecule has 5 nitrogen and oxygen atoms in total. The fourth-order valence-corrected chi connectivity index (χ4v) is 2.85. The molecule has 2 rings (SSSR count). The fourth-order valence-electron chi connectivity index (χ4n) is 2.85. The number of carbonyl (C=O) groups excluding carboxylic acids is 2. The Balaban J connectivity index is 2.28. The third kappa shape index (κ3) is 6.14. The molecule has 152 valence electrons. The number of allylic oxidation sites excluding steroid dienone is 2. The molecule has 0 aliphatic carbocycles. The number of aromatic nitrogens is 1. The number of benzene rings is 1. The maximum Gasteiger partial charge on any atom is 0.337 e. The summed E-state index contributed by atoms with van der Waals surface area (Å²) in [4.78, 5) is 29.1. The molecule has 1 amide bonds. The summed E-state index contributed by atoms with van der Waals surface area (Å²) in [6.07, 6.45) is 9.92. The molecule has 0 aliphatic heterocycles. The van der Waals surface area contributed by atoms with Crippen LogP contribution in [0.3, 0.4) is 0 Å². The summed E-state index contributed by atoms with van der Waals surface area (Å²) in [5.41, 5.74) is 2.50. The molecule has 0 radical (unpaired) electrons. The van der Waals surface area contributed by atoms with Gasteiger partial charge in [0.2, 0.25) is 0 Å². The Hall–Kier alpha value is -3.21. The molecule has 1 N–H and O–H groups in total. The number of hydrogen-bond donors (Lipinski definition) is 1. The average Bonchev–Trinajstić information content (AvgIpc) is 2.74. The molecule has 1 heterocycles. The summed E-state index contributed by atoms with van der Waals surface area (Å²) in [5, 5.41) is 4.72. The first kappa shape index (κ1) is 22.1. The van der Waals surface area contributed by atoms with E-state index in [1.165, 1.54) is 7.11 Å². The smallest absolute Gasteiger partial charge is 0.337 e. The molecule has 5 heteroatoms. The van der Waals surface area contributed by atoms with Crippen LogP contribution >= 0.6 is 0 Å². The van der Waals surface area contributed by atoms with Gasteiger partial charge in [0.05, 0.1) is 29.3 Å². The monoisotopic (exact) mass is 392 g/mol. The van der Waals surface area contributed by atoms with E-state index in [2.05, 4.69) is 23.3 Å². The van der Waals surface area contributed by atoms with Gasteiger partial charge in [0.1, 0.15) is 0 Å². The summed E-state index contributed by atoms with van der Waals surface area (Å²) in [7, 11) is 1.34. The van der Waals surface area contributed by atoms with Gasteiger partial charge in [-0.05, 0) is 44.0 Å². The highest BCUT2D eigenvalue weighted by Crippen LogP contribution is 2.07.